The van der Waals surface area contributed by atoms with Gasteiger partial charge in [-0.25, -0.2) is 0 Å². The minimum Gasteiger partial charge on any atom is -0.288 e. The summed E-state index contributed by atoms with van der Waals surface area (Å²) < 4.78 is 31.6. The van der Waals surface area contributed by atoms with E-state index in [0.29, 0.717) is 23.1 Å². The minimum atomic E-state index is -3.37. The molecule has 27 heavy (non-hydrogen) atoms. The van der Waals surface area contributed by atoms with Crippen molar-refractivity contribution in [3.05, 3.63) is 71.8 Å². The molecule has 6 nitrogen and oxygen atoms in total. The Hall–Kier alpha value is -3.55. The lowest BCUT2D eigenvalue weighted by Gasteiger charge is -2.15. The zero-order valence-electron chi connectivity index (χ0n) is 13.9. The minimum absolute atomic E-state index is 0.189. The Morgan fingerprint density at radius 3 is 2.81 bits per heavy atom. The number of nitrogens with zero attached hydrogens (tertiary/aromatic N) is 6. The standard InChI is InChI=1S/C19H12F2N6/c20-19(21,14-3-4-15-12(10-14)2-1-8-23-15)18-25-24-17-6-5-16(26-27(17)18)13-7-9-22-11-13/h1-8,10-11H,9H2. The average molecular weight is 362 g/mol. The number of hydrogen-bond acceptors (Lipinski definition) is 5. The normalized spacial score (nSPS) is 14.2. The summed E-state index contributed by atoms with van der Waals surface area (Å²) in [4.78, 5) is 8.27. The lowest BCUT2D eigenvalue weighted by Crippen LogP contribution is -2.20. The van der Waals surface area contributed by atoms with Gasteiger partial charge in [0.25, 0.3) is 0 Å². The van der Waals surface area contributed by atoms with E-state index >= 15 is 8.78 Å². The molecule has 1 aliphatic rings. The molecule has 0 N–H and O–H groups in total. The number of pyridine rings is 1. The van der Waals surface area contributed by atoms with E-state index < -0.39 is 11.7 Å². The molecule has 5 rings (SSSR count). The van der Waals surface area contributed by atoms with Gasteiger partial charge < -0.3 is 0 Å². The van der Waals surface area contributed by atoms with Gasteiger partial charge in [0, 0.05) is 28.9 Å². The van der Waals surface area contributed by atoms with Crippen molar-refractivity contribution < 1.29 is 8.78 Å². The van der Waals surface area contributed by atoms with Crippen LogP contribution < -0.4 is 0 Å². The fraction of sp³-hybridized carbons (Fsp3) is 0.105. The van der Waals surface area contributed by atoms with Gasteiger partial charge in [0.1, 0.15) is 0 Å². The van der Waals surface area contributed by atoms with Crippen LogP contribution in [0.15, 0.2) is 59.7 Å². The largest absolute Gasteiger partial charge is 0.333 e. The molecule has 0 unspecified atom stereocenters. The molecule has 0 fully saturated rings. The quantitative estimate of drug-likeness (QED) is 0.561. The number of benzene rings is 1. The number of aromatic nitrogens is 5. The van der Waals surface area contributed by atoms with Crippen LogP contribution in [0.1, 0.15) is 17.1 Å². The van der Waals surface area contributed by atoms with Crippen molar-refractivity contribution in [2.45, 2.75) is 5.92 Å². The first kappa shape index (κ1) is 15.7. The van der Waals surface area contributed by atoms with E-state index in [9.17, 15) is 0 Å². The number of allylic oxidation sites excluding steroid dienone is 1. The third-order valence-corrected chi connectivity index (χ3v) is 4.45. The molecule has 0 aliphatic carbocycles. The average Bonchev–Trinajstić information content (AvgIpc) is 3.37. The second kappa shape index (κ2) is 5.73. The van der Waals surface area contributed by atoms with E-state index in [1.54, 1.807) is 42.7 Å². The zero-order chi connectivity index (χ0) is 18.4. The first-order valence-electron chi connectivity index (χ1n) is 8.29. The molecule has 4 heterocycles. The van der Waals surface area contributed by atoms with Crippen LogP contribution in [0, 0.1) is 0 Å². The Bertz CT molecular complexity index is 1240. The molecule has 0 amide bonds. The van der Waals surface area contributed by atoms with Crippen LogP contribution in [0.3, 0.4) is 0 Å². The molecule has 132 valence electrons. The molecular formula is C19H12F2N6. The highest BCUT2D eigenvalue weighted by Gasteiger charge is 2.40. The van der Waals surface area contributed by atoms with Crippen molar-refractivity contribution in [1.29, 1.82) is 0 Å². The second-order valence-electron chi connectivity index (χ2n) is 6.15. The Morgan fingerprint density at radius 1 is 1.04 bits per heavy atom. The zero-order valence-corrected chi connectivity index (χ0v) is 13.9. The van der Waals surface area contributed by atoms with Gasteiger partial charge in [-0.05, 0) is 30.3 Å². The number of aliphatic imine (C=N–C) groups is 1. The van der Waals surface area contributed by atoms with Crippen LogP contribution in [0.25, 0.3) is 22.1 Å². The highest BCUT2D eigenvalue weighted by molar-refractivity contribution is 6.10. The van der Waals surface area contributed by atoms with Crippen molar-refractivity contribution in [3.8, 4) is 0 Å². The highest BCUT2D eigenvalue weighted by Crippen LogP contribution is 2.35. The summed E-state index contributed by atoms with van der Waals surface area (Å²) in [5.74, 6) is -3.90. The summed E-state index contributed by atoms with van der Waals surface area (Å²) in [6.45, 7) is 0.561. The number of fused-ring (bicyclic) bond motifs is 2. The number of hydrogen-bond donors (Lipinski definition) is 0. The fourth-order valence-corrected chi connectivity index (χ4v) is 3.06. The third kappa shape index (κ3) is 2.49. The molecular weight excluding hydrogens is 350 g/mol. The molecule has 0 spiro atoms. The van der Waals surface area contributed by atoms with Gasteiger partial charge in [-0.1, -0.05) is 18.2 Å². The summed E-state index contributed by atoms with van der Waals surface area (Å²) in [7, 11) is 0. The monoisotopic (exact) mass is 362 g/mol. The predicted molar refractivity (Wildman–Crippen MR) is 96.9 cm³/mol. The third-order valence-electron chi connectivity index (χ3n) is 4.45. The second-order valence-corrected chi connectivity index (χ2v) is 6.15. The van der Waals surface area contributed by atoms with E-state index in [1.807, 2.05) is 6.08 Å². The van der Waals surface area contributed by atoms with E-state index in [0.717, 1.165) is 10.1 Å². The molecule has 8 heteroatoms. The molecule has 3 aromatic heterocycles. The fourth-order valence-electron chi connectivity index (χ4n) is 3.06. The Morgan fingerprint density at radius 2 is 1.96 bits per heavy atom. The summed E-state index contributed by atoms with van der Waals surface area (Å²) >= 11 is 0. The van der Waals surface area contributed by atoms with Crippen LogP contribution >= 0.6 is 0 Å². The van der Waals surface area contributed by atoms with E-state index in [4.69, 9.17) is 0 Å². The van der Waals surface area contributed by atoms with Crippen LogP contribution in [-0.4, -0.2) is 37.6 Å². The van der Waals surface area contributed by atoms with Crippen molar-refractivity contribution >= 4 is 28.3 Å². The van der Waals surface area contributed by atoms with Crippen LogP contribution in [0.2, 0.25) is 0 Å². The summed E-state index contributed by atoms with van der Waals surface area (Å²) in [5, 5.41) is 12.5. The lowest BCUT2D eigenvalue weighted by atomic mass is 10.0. The Labute approximate surface area is 151 Å². The van der Waals surface area contributed by atoms with Crippen molar-refractivity contribution in [2.75, 3.05) is 6.54 Å². The molecule has 0 radical (unpaired) electrons. The number of halogens is 2. The summed E-state index contributed by atoms with van der Waals surface area (Å²) in [6.07, 6.45) is 5.18. The van der Waals surface area contributed by atoms with Gasteiger partial charge in [0.05, 0.1) is 17.8 Å². The topological polar surface area (TPSA) is 68.3 Å². The number of alkyl halides is 2. The maximum atomic E-state index is 15.3. The van der Waals surface area contributed by atoms with Gasteiger partial charge in [-0.3, -0.25) is 9.98 Å². The maximum Gasteiger partial charge on any atom is 0.333 e. The molecule has 4 aromatic rings. The van der Waals surface area contributed by atoms with Crippen molar-refractivity contribution in [2.24, 2.45) is 4.99 Å². The van der Waals surface area contributed by atoms with Crippen molar-refractivity contribution in [3.63, 3.8) is 0 Å². The summed E-state index contributed by atoms with van der Waals surface area (Å²) in [5.41, 5.74) is 2.05. The van der Waals surface area contributed by atoms with Gasteiger partial charge in [-0.2, -0.15) is 18.4 Å². The molecule has 0 atom stereocenters. The van der Waals surface area contributed by atoms with Gasteiger partial charge in [0.15, 0.2) is 5.65 Å². The highest BCUT2D eigenvalue weighted by atomic mass is 19.3. The van der Waals surface area contributed by atoms with Crippen LogP contribution in [0.5, 0.6) is 0 Å². The molecule has 0 saturated heterocycles. The predicted octanol–water partition coefficient (Wildman–Crippen LogP) is 3.28. The Balaban J connectivity index is 1.66. The summed E-state index contributed by atoms with van der Waals surface area (Å²) in [6, 6.07) is 11.1. The molecule has 0 saturated carbocycles. The molecule has 0 bridgehead atoms. The van der Waals surface area contributed by atoms with Crippen molar-refractivity contribution in [1.82, 2.24) is 24.8 Å². The smallest absolute Gasteiger partial charge is 0.288 e. The van der Waals surface area contributed by atoms with E-state index in [1.165, 1.54) is 12.1 Å². The molecule has 1 aliphatic heterocycles. The van der Waals surface area contributed by atoms with Crippen LogP contribution in [-0.2, 0) is 5.92 Å². The van der Waals surface area contributed by atoms with E-state index in [2.05, 4.69) is 25.3 Å². The first-order chi connectivity index (χ1) is 13.1. The molecule has 1 aromatic carbocycles. The van der Waals surface area contributed by atoms with Gasteiger partial charge in [0.2, 0.25) is 5.82 Å². The lowest BCUT2D eigenvalue weighted by molar-refractivity contribution is 0.0307. The SMILES string of the molecule is FC(F)(c1ccc2ncccc2c1)c1nnc2ccc(C3=CCN=C3)nn12. The number of rotatable bonds is 3. The first-order valence-corrected chi connectivity index (χ1v) is 8.29. The van der Waals surface area contributed by atoms with E-state index in [-0.39, 0.29) is 11.2 Å². The van der Waals surface area contributed by atoms with Gasteiger partial charge in [-0.15, -0.1) is 10.2 Å². The van der Waals surface area contributed by atoms with Crippen LogP contribution in [0.4, 0.5) is 8.78 Å². The maximum absolute atomic E-state index is 15.3. The Kier molecular flexibility index (Phi) is 3.33. The van der Waals surface area contributed by atoms with Gasteiger partial charge >= 0.3 is 5.92 Å².